The summed E-state index contributed by atoms with van der Waals surface area (Å²) in [6.07, 6.45) is 1.87. The molecule has 2 aromatic heterocycles. The number of rotatable bonds is 7. The molecule has 8 nitrogen and oxygen atoms in total. The highest BCUT2D eigenvalue weighted by Crippen LogP contribution is 2.19. The van der Waals surface area contributed by atoms with Crippen molar-refractivity contribution in [3.63, 3.8) is 0 Å². The van der Waals surface area contributed by atoms with Gasteiger partial charge in [-0.3, -0.25) is 9.59 Å². The van der Waals surface area contributed by atoms with Gasteiger partial charge in [0.2, 0.25) is 5.91 Å². The Kier molecular flexibility index (Phi) is 5.84. The van der Waals surface area contributed by atoms with Gasteiger partial charge in [-0.1, -0.05) is 18.2 Å². The summed E-state index contributed by atoms with van der Waals surface area (Å²) in [6, 6.07) is 8.25. The number of aromatic amines is 1. The molecule has 0 saturated carbocycles. The van der Waals surface area contributed by atoms with E-state index in [1.807, 2.05) is 30.5 Å². The summed E-state index contributed by atoms with van der Waals surface area (Å²) in [6.45, 7) is 2.93. The monoisotopic (exact) mass is 397 g/mol. The fraction of sp³-hybridized carbons (Fsp3) is 0.286. The van der Waals surface area contributed by atoms with Gasteiger partial charge in [-0.2, -0.15) is 0 Å². The van der Waals surface area contributed by atoms with Gasteiger partial charge >= 0.3 is 5.63 Å². The lowest BCUT2D eigenvalue weighted by molar-refractivity contribution is -0.122. The molecule has 29 heavy (non-hydrogen) atoms. The largest absolute Gasteiger partial charge is 0.427 e. The van der Waals surface area contributed by atoms with Crippen LogP contribution in [0, 0.1) is 6.92 Å². The number of aliphatic hydroxyl groups is 1. The summed E-state index contributed by atoms with van der Waals surface area (Å²) in [5.41, 5.74) is 6.71. The van der Waals surface area contributed by atoms with E-state index < -0.39 is 29.6 Å². The van der Waals surface area contributed by atoms with E-state index in [0.29, 0.717) is 24.2 Å². The summed E-state index contributed by atoms with van der Waals surface area (Å²) in [7, 11) is 0. The maximum Gasteiger partial charge on any atom is 0.349 e. The van der Waals surface area contributed by atoms with Crippen LogP contribution < -0.4 is 16.7 Å². The van der Waals surface area contributed by atoms with Crippen molar-refractivity contribution in [2.75, 3.05) is 0 Å². The van der Waals surface area contributed by atoms with Crippen LogP contribution in [0.2, 0.25) is 0 Å². The normalized spacial score (nSPS) is 13.2. The van der Waals surface area contributed by atoms with Gasteiger partial charge in [-0.15, -0.1) is 0 Å². The van der Waals surface area contributed by atoms with Gasteiger partial charge in [0.1, 0.15) is 17.4 Å². The van der Waals surface area contributed by atoms with Crippen molar-refractivity contribution in [3.8, 4) is 0 Å². The van der Waals surface area contributed by atoms with Gasteiger partial charge in [-0.05, 0) is 43.5 Å². The fourth-order valence-corrected chi connectivity index (χ4v) is 3.31. The second-order valence-electron chi connectivity index (χ2n) is 7.01. The van der Waals surface area contributed by atoms with Gasteiger partial charge in [0, 0.05) is 23.5 Å². The number of hydrogen-bond acceptors (Lipinski definition) is 5. The van der Waals surface area contributed by atoms with Crippen molar-refractivity contribution in [3.05, 3.63) is 69.4 Å². The third-order valence-corrected chi connectivity index (χ3v) is 4.82. The predicted molar refractivity (Wildman–Crippen MR) is 108 cm³/mol. The molecule has 0 unspecified atom stereocenters. The van der Waals surface area contributed by atoms with Gasteiger partial charge in [0.15, 0.2) is 0 Å². The Balaban J connectivity index is 1.77. The molecule has 0 radical (unpaired) electrons. The van der Waals surface area contributed by atoms with Crippen LogP contribution in [0.3, 0.4) is 0 Å². The second kappa shape index (κ2) is 8.32. The van der Waals surface area contributed by atoms with Crippen LogP contribution in [0.15, 0.2) is 45.7 Å². The Bertz CT molecular complexity index is 1110. The van der Waals surface area contributed by atoms with Gasteiger partial charge < -0.3 is 25.6 Å². The molecule has 0 aliphatic heterocycles. The minimum atomic E-state index is -1.30. The zero-order valence-electron chi connectivity index (χ0n) is 16.2. The highest BCUT2D eigenvalue weighted by Gasteiger charge is 2.26. The predicted octanol–water partition coefficient (Wildman–Crippen LogP) is 1.18. The number of aromatic nitrogens is 1. The Labute approximate surface area is 166 Å². The maximum atomic E-state index is 12.4. The van der Waals surface area contributed by atoms with E-state index in [9.17, 15) is 19.5 Å². The quantitative estimate of drug-likeness (QED) is 0.474. The second-order valence-corrected chi connectivity index (χ2v) is 7.01. The van der Waals surface area contributed by atoms with Gasteiger partial charge in [0.05, 0.1) is 6.10 Å². The minimum absolute atomic E-state index is 0.215. The van der Waals surface area contributed by atoms with Crippen LogP contribution in [-0.4, -0.2) is 34.1 Å². The number of carbonyl (C=O) groups is 2. The zero-order valence-corrected chi connectivity index (χ0v) is 16.2. The molecule has 152 valence electrons. The number of amides is 2. The molecule has 0 fully saturated rings. The molecule has 3 aromatic rings. The van der Waals surface area contributed by atoms with Crippen molar-refractivity contribution in [2.45, 2.75) is 38.8 Å². The van der Waals surface area contributed by atoms with E-state index in [1.54, 1.807) is 13.0 Å². The number of aliphatic hydroxyl groups excluding tert-OH is 1. The summed E-state index contributed by atoms with van der Waals surface area (Å²) in [5.74, 6) is -1.26. The van der Waals surface area contributed by atoms with Crippen LogP contribution in [0.1, 0.15) is 34.2 Å². The number of fused-ring (bicyclic) bond motifs is 1. The molecule has 0 saturated heterocycles. The number of hydrogen-bond donors (Lipinski definition) is 4. The molecule has 2 atom stereocenters. The topological polar surface area (TPSA) is 138 Å². The fourth-order valence-electron chi connectivity index (χ4n) is 3.31. The molecule has 0 spiro atoms. The summed E-state index contributed by atoms with van der Waals surface area (Å²) >= 11 is 0. The lowest BCUT2D eigenvalue weighted by Gasteiger charge is -2.18. The van der Waals surface area contributed by atoms with Crippen molar-refractivity contribution in [2.24, 2.45) is 5.73 Å². The average molecular weight is 397 g/mol. The van der Waals surface area contributed by atoms with Crippen molar-refractivity contribution < 1.29 is 19.1 Å². The zero-order chi connectivity index (χ0) is 21.1. The first-order chi connectivity index (χ1) is 13.8. The number of carbonyl (C=O) groups excluding carboxylic acids is 2. The number of nitrogens with one attached hydrogen (secondary N) is 2. The Hall–Kier alpha value is -3.39. The number of aryl methyl sites for hydroxylation is 3. The van der Waals surface area contributed by atoms with Crippen molar-refractivity contribution in [1.82, 2.24) is 10.3 Å². The van der Waals surface area contributed by atoms with Gasteiger partial charge in [0.25, 0.3) is 5.91 Å². The van der Waals surface area contributed by atoms with Crippen LogP contribution in [0.4, 0.5) is 0 Å². The van der Waals surface area contributed by atoms with Crippen molar-refractivity contribution >= 4 is 22.7 Å². The number of benzene rings is 1. The Morgan fingerprint density at radius 1 is 1.28 bits per heavy atom. The lowest BCUT2D eigenvalue weighted by Crippen LogP contribution is -2.51. The standard InChI is InChI=1S/C21H23N3O5/c1-11-9-14(8-7-13-10-23-16-6-4-3-5-15(13)16)29-21(28)17(11)20(27)24-18(12(2)25)19(22)26/h3-6,9-10,12,18,23,25H,7-8H2,1-2H3,(H2,22,26)(H,24,27)/t12-,18+/m1/s1. The summed E-state index contributed by atoms with van der Waals surface area (Å²) in [4.78, 5) is 39.4. The Morgan fingerprint density at radius 2 is 2.00 bits per heavy atom. The third kappa shape index (κ3) is 4.38. The smallest absolute Gasteiger partial charge is 0.349 e. The van der Waals surface area contributed by atoms with Crippen LogP contribution >= 0.6 is 0 Å². The van der Waals surface area contributed by atoms with E-state index in [0.717, 1.165) is 16.5 Å². The molecule has 0 aliphatic rings. The minimum Gasteiger partial charge on any atom is -0.427 e. The number of primary amides is 1. The highest BCUT2D eigenvalue weighted by atomic mass is 16.4. The average Bonchev–Trinajstić information content (AvgIpc) is 3.06. The summed E-state index contributed by atoms with van der Waals surface area (Å²) in [5, 5.41) is 13.0. The van der Waals surface area contributed by atoms with Crippen LogP contribution in [0.5, 0.6) is 0 Å². The molecule has 0 bridgehead atoms. The third-order valence-electron chi connectivity index (χ3n) is 4.82. The highest BCUT2D eigenvalue weighted by molar-refractivity contribution is 5.98. The van der Waals surface area contributed by atoms with Gasteiger partial charge in [-0.25, -0.2) is 4.79 Å². The van der Waals surface area contributed by atoms with E-state index in [4.69, 9.17) is 10.2 Å². The molecule has 2 amide bonds. The van der Waals surface area contributed by atoms with Crippen LogP contribution in [-0.2, 0) is 17.6 Å². The first-order valence-corrected chi connectivity index (χ1v) is 9.24. The molecular weight excluding hydrogens is 374 g/mol. The molecular formula is C21H23N3O5. The number of para-hydroxylation sites is 1. The van der Waals surface area contributed by atoms with E-state index in [1.165, 1.54) is 6.92 Å². The van der Waals surface area contributed by atoms with E-state index in [-0.39, 0.29) is 5.56 Å². The number of nitrogens with two attached hydrogens (primary N) is 1. The summed E-state index contributed by atoms with van der Waals surface area (Å²) < 4.78 is 5.32. The van der Waals surface area contributed by atoms with E-state index >= 15 is 0 Å². The first kappa shape index (κ1) is 20.3. The molecule has 1 aromatic carbocycles. The molecule has 2 heterocycles. The van der Waals surface area contributed by atoms with E-state index in [2.05, 4.69) is 10.3 Å². The molecule has 3 rings (SSSR count). The number of H-pyrrole nitrogens is 1. The van der Waals surface area contributed by atoms with Crippen molar-refractivity contribution in [1.29, 1.82) is 0 Å². The lowest BCUT2D eigenvalue weighted by atomic mass is 10.0. The SMILES string of the molecule is Cc1cc(CCc2c[nH]c3ccccc23)oc(=O)c1C(=O)N[C@H](C(N)=O)[C@@H](C)O. The Morgan fingerprint density at radius 3 is 2.66 bits per heavy atom. The molecule has 8 heteroatoms. The molecule has 5 N–H and O–H groups in total. The molecule has 0 aliphatic carbocycles. The maximum absolute atomic E-state index is 12.4. The van der Waals surface area contributed by atoms with Crippen LogP contribution in [0.25, 0.3) is 10.9 Å². The first-order valence-electron chi connectivity index (χ1n) is 9.24.